The zero-order valence-corrected chi connectivity index (χ0v) is 13.9. The molecule has 0 radical (unpaired) electrons. The molecule has 0 saturated carbocycles. The quantitative estimate of drug-likeness (QED) is 0.706. The third-order valence-electron chi connectivity index (χ3n) is 3.43. The van der Waals surface area contributed by atoms with Gasteiger partial charge in [0.05, 0.1) is 12.0 Å². The van der Waals surface area contributed by atoms with Crippen molar-refractivity contribution in [1.29, 1.82) is 0 Å². The molecule has 7 nitrogen and oxygen atoms in total. The number of carbonyl (C=O) groups excluding carboxylic acids is 2. The number of carbonyl (C=O) groups is 2. The Morgan fingerprint density at radius 3 is 2.72 bits per heavy atom. The summed E-state index contributed by atoms with van der Waals surface area (Å²) in [6, 6.07) is 11.9. The van der Waals surface area contributed by atoms with E-state index in [-0.39, 0.29) is 5.69 Å². The fraction of sp³-hybridized carbons (Fsp3) is 0.118. The second-order valence-electron chi connectivity index (χ2n) is 5.23. The summed E-state index contributed by atoms with van der Waals surface area (Å²) in [4.78, 5) is 23.3. The van der Waals surface area contributed by atoms with Crippen LogP contribution in [0, 0.1) is 0 Å². The summed E-state index contributed by atoms with van der Waals surface area (Å²) >= 11 is 6.04. The average molecular weight is 360 g/mol. The highest BCUT2D eigenvalue weighted by Crippen LogP contribution is 2.26. The molecule has 0 spiro atoms. The molecule has 0 saturated heterocycles. The number of ether oxygens (including phenoxy) is 1. The lowest BCUT2D eigenvalue weighted by Gasteiger charge is -2.07. The predicted molar refractivity (Wildman–Crippen MR) is 90.3 cm³/mol. The maximum atomic E-state index is 12.2. The lowest BCUT2D eigenvalue weighted by molar-refractivity contribution is -0.125. The minimum Gasteiger partial charge on any atom is -0.463 e. The first-order valence-electron chi connectivity index (χ1n) is 7.36. The van der Waals surface area contributed by atoms with Gasteiger partial charge in [-0.05, 0) is 37.3 Å². The minimum absolute atomic E-state index is 0.0134. The molecule has 0 unspecified atom stereocenters. The Labute approximate surface area is 147 Å². The standard InChI is InChI=1S/C17H14ClN3O4/c1-10(16(19)22)25-17(23)13-9-14(15-6-3-7-24-15)21(20-13)12-5-2-4-11(18)8-12/h2-10H,1H3,(H2,19,22)/t10-/m0/s1. The summed E-state index contributed by atoms with van der Waals surface area (Å²) in [7, 11) is 0. The molecule has 25 heavy (non-hydrogen) atoms. The van der Waals surface area contributed by atoms with Crippen LogP contribution in [0.4, 0.5) is 0 Å². The molecule has 128 valence electrons. The van der Waals surface area contributed by atoms with Gasteiger partial charge in [0.15, 0.2) is 17.6 Å². The fourth-order valence-corrected chi connectivity index (χ4v) is 2.35. The maximum Gasteiger partial charge on any atom is 0.359 e. The molecule has 0 aliphatic heterocycles. The lowest BCUT2D eigenvalue weighted by atomic mass is 10.2. The Morgan fingerprint density at radius 1 is 1.28 bits per heavy atom. The van der Waals surface area contributed by atoms with E-state index >= 15 is 0 Å². The third-order valence-corrected chi connectivity index (χ3v) is 3.66. The molecular weight excluding hydrogens is 346 g/mol. The van der Waals surface area contributed by atoms with Crippen LogP contribution in [0.3, 0.4) is 0 Å². The monoisotopic (exact) mass is 359 g/mol. The van der Waals surface area contributed by atoms with Crippen LogP contribution in [0.2, 0.25) is 5.02 Å². The highest BCUT2D eigenvalue weighted by molar-refractivity contribution is 6.30. The van der Waals surface area contributed by atoms with Gasteiger partial charge in [-0.25, -0.2) is 9.48 Å². The van der Waals surface area contributed by atoms with E-state index in [9.17, 15) is 9.59 Å². The smallest absolute Gasteiger partial charge is 0.359 e. The largest absolute Gasteiger partial charge is 0.463 e. The molecule has 1 atom stereocenters. The van der Waals surface area contributed by atoms with E-state index in [1.807, 2.05) is 0 Å². The number of nitrogens with two attached hydrogens (primary N) is 1. The van der Waals surface area contributed by atoms with Crippen LogP contribution < -0.4 is 5.73 Å². The first-order valence-corrected chi connectivity index (χ1v) is 7.73. The highest BCUT2D eigenvalue weighted by atomic mass is 35.5. The van der Waals surface area contributed by atoms with Gasteiger partial charge in [-0.3, -0.25) is 4.79 Å². The molecule has 1 amide bonds. The first-order chi connectivity index (χ1) is 12.0. The van der Waals surface area contributed by atoms with Crippen LogP contribution in [0.1, 0.15) is 17.4 Å². The van der Waals surface area contributed by atoms with Gasteiger partial charge in [0.2, 0.25) is 0 Å². The molecule has 1 aromatic carbocycles. The lowest BCUT2D eigenvalue weighted by Crippen LogP contribution is -2.30. The number of benzene rings is 1. The van der Waals surface area contributed by atoms with Gasteiger partial charge < -0.3 is 14.9 Å². The number of halogens is 1. The van der Waals surface area contributed by atoms with E-state index in [0.29, 0.717) is 22.2 Å². The third kappa shape index (κ3) is 3.56. The Kier molecular flexibility index (Phi) is 4.58. The van der Waals surface area contributed by atoms with Crippen LogP contribution in [-0.2, 0) is 9.53 Å². The second kappa shape index (κ2) is 6.82. The molecular formula is C17H14ClN3O4. The van der Waals surface area contributed by atoms with E-state index in [4.69, 9.17) is 26.5 Å². The summed E-state index contributed by atoms with van der Waals surface area (Å²) in [5, 5.41) is 4.78. The maximum absolute atomic E-state index is 12.2. The van der Waals surface area contributed by atoms with E-state index in [2.05, 4.69) is 5.10 Å². The minimum atomic E-state index is -1.06. The van der Waals surface area contributed by atoms with Crippen molar-refractivity contribution in [2.45, 2.75) is 13.0 Å². The Bertz CT molecular complexity index is 918. The van der Waals surface area contributed by atoms with Crippen molar-refractivity contribution >= 4 is 23.5 Å². The second-order valence-corrected chi connectivity index (χ2v) is 5.67. The van der Waals surface area contributed by atoms with Crippen LogP contribution in [-0.4, -0.2) is 27.8 Å². The van der Waals surface area contributed by atoms with Crippen LogP contribution in [0.5, 0.6) is 0 Å². The summed E-state index contributed by atoms with van der Waals surface area (Å²) in [5.74, 6) is -0.997. The van der Waals surface area contributed by atoms with Crippen LogP contribution in [0.25, 0.3) is 17.1 Å². The van der Waals surface area contributed by atoms with Gasteiger partial charge in [-0.15, -0.1) is 0 Å². The number of hydrogen-bond acceptors (Lipinski definition) is 5. The molecule has 8 heteroatoms. The molecule has 0 aliphatic rings. The van der Waals surface area contributed by atoms with Gasteiger partial charge in [0.1, 0.15) is 5.69 Å². The predicted octanol–water partition coefficient (Wildman–Crippen LogP) is 2.82. The summed E-state index contributed by atoms with van der Waals surface area (Å²) in [5.41, 5.74) is 6.30. The number of esters is 1. The summed E-state index contributed by atoms with van der Waals surface area (Å²) in [6.07, 6.45) is 0.452. The molecule has 0 fully saturated rings. The summed E-state index contributed by atoms with van der Waals surface area (Å²) in [6.45, 7) is 1.39. The van der Waals surface area contributed by atoms with Crippen molar-refractivity contribution in [2.24, 2.45) is 5.73 Å². The number of rotatable bonds is 5. The zero-order chi connectivity index (χ0) is 18.0. The molecule has 0 bridgehead atoms. The Hall–Kier alpha value is -3.06. The van der Waals surface area contributed by atoms with Crippen LogP contribution in [0.15, 0.2) is 53.1 Å². The van der Waals surface area contributed by atoms with Gasteiger partial charge >= 0.3 is 5.97 Å². The van der Waals surface area contributed by atoms with E-state index in [1.54, 1.807) is 36.4 Å². The van der Waals surface area contributed by atoms with Crippen molar-refractivity contribution in [1.82, 2.24) is 9.78 Å². The number of furan rings is 1. The molecule has 3 aromatic rings. The Balaban J connectivity index is 2.04. The van der Waals surface area contributed by atoms with Crippen molar-refractivity contribution in [3.05, 3.63) is 59.4 Å². The molecule has 2 aromatic heterocycles. The molecule has 3 rings (SSSR count). The van der Waals surface area contributed by atoms with E-state index < -0.39 is 18.0 Å². The normalized spacial score (nSPS) is 11.9. The van der Waals surface area contributed by atoms with Gasteiger partial charge in [0.25, 0.3) is 5.91 Å². The van der Waals surface area contributed by atoms with Gasteiger partial charge in [-0.1, -0.05) is 17.7 Å². The highest BCUT2D eigenvalue weighted by Gasteiger charge is 2.22. The molecule has 2 heterocycles. The van der Waals surface area contributed by atoms with E-state index in [0.717, 1.165) is 0 Å². The van der Waals surface area contributed by atoms with Crippen molar-refractivity contribution in [2.75, 3.05) is 0 Å². The van der Waals surface area contributed by atoms with Gasteiger partial charge in [-0.2, -0.15) is 5.10 Å². The number of amides is 1. The number of nitrogens with zero attached hydrogens (tertiary/aromatic N) is 2. The van der Waals surface area contributed by atoms with Crippen molar-refractivity contribution in [3.8, 4) is 17.1 Å². The van der Waals surface area contributed by atoms with Crippen molar-refractivity contribution in [3.63, 3.8) is 0 Å². The van der Waals surface area contributed by atoms with E-state index in [1.165, 1.54) is 23.9 Å². The Morgan fingerprint density at radius 2 is 2.08 bits per heavy atom. The molecule has 2 N–H and O–H groups in total. The SMILES string of the molecule is C[C@H](OC(=O)c1cc(-c2ccco2)n(-c2cccc(Cl)c2)n1)C(N)=O. The fourth-order valence-electron chi connectivity index (χ4n) is 2.16. The van der Waals surface area contributed by atoms with Crippen molar-refractivity contribution < 1.29 is 18.7 Å². The average Bonchev–Trinajstić information content (AvgIpc) is 3.24. The first kappa shape index (κ1) is 16.8. The zero-order valence-electron chi connectivity index (χ0n) is 13.2. The number of primary amides is 1. The number of hydrogen-bond donors (Lipinski definition) is 1. The number of aromatic nitrogens is 2. The molecule has 0 aliphatic carbocycles. The summed E-state index contributed by atoms with van der Waals surface area (Å²) < 4.78 is 11.9. The topological polar surface area (TPSA) is 100 Å². The van der Waals surface area contributed by atoms with Gasteiger partial charge in [0, 0.05) is 11.1 Å². The van der Waals surface area contributed by atoms with Crippen LogP contribution >= 0.6 is 11.6 Å².